The number of benzene rings is 6. The largest absolute Gasteiger partial charge is 0.307 e. The Kier molecular flexibility index (Phi) is 3.76. The van der Waals surface area contributed by atoms with Crippen molar-refractivity contribution >= 4 is 43.6 Å². The molecule has 38 heavy (non-hydrogen) atoms. The zero-order chi connectivity index (χ0) is 28.5. The van der Waals surface area contributed by atoms with Crippen LogP contribution < -0.4 is 0 Å². The van der Waals surface area contributed by atoms with Crippen LogP contribution in [0.5, 0.6) is 0 Å². The lowest BCUT2D eigenvalue weighted by Crippen LogP contribution is -2.00. The molecule has 0 aliphatic carbocycles. The molecule has 0 aliphatic heterocycles. The molecule has 0 bridgehead atoms. The van der Waals surface area contributed by atoms with Crippen molar-refractivity contribution in [2.75, 3.05) is 0 Å². The summed E-state index contributed by atoms with van der Waals surface area (Å²) < 4.78 is 38.9. The van der Waals surface area contributed by atoms with E-state index in [4.69, 9.17) is 5.48 Å². The molecule has 0 saturated carbocycles. The molecule has 0 spiro atoms. The van der Waals surface area contributed by atoms with Crippen molar-refractivity contribution in [3.63, 3.8) is 0 Å². The third kappa shape index (κ3) is 3.01. The number of nitrogens with zero attached hydrogens (tertiary/aromatic N) is 2. The highest BCUT2D eigenvalue weighted by Crippen LogP contribution is 2.39. The molecule has 2 aromatic heterocycles. The van der Waals surface area contributed by atoms with Gasteiger partial charge in [-0.1, -0.05) is 109 Å². The summed E-state index contributed by atoms with van der Waals surface area (Å²) in [6, 6.07) is 40.7. The Hall–Kier alpha value is -5.08. The van der Waals surface area contributed by atoms with Crippen LogP contribution in [0.1, 0.15) is 5.48 Å². The molecule has 6 aromatic carbocycles. The van der Waals surface area contributed by atoms with Gasteiger partial charge in [-0.2, -0.15) is 0 Å². The Labute approximate surface area is 226 Å². The maximum atomic E-state index is 8.97. The number of aromatic nitrogens is 2. The van der Waals surface area contributed by atoms with Crippen molar-refractivity contribution in [2.24, 2.45) is 0 Å². The summed E-state index contributed by atoms with van der Waals surface area (Å²) in [5, 5.41) is 3.51. The molecule has 0 N–H and O–H groups in total. The lowest BCUT2D eigenvalue weighted by molar-refractivity contribution is 1.13. The lowest BCUT2D eigenvalue weighted by Gasteiger charge is -2.14. The van der Waals surface area contributed by atoms with Crippen molar-refractivity contribution in [3.8, 4) is 22.5 Å². The van der Waals surface area contributed by atoms with Crippen LogP contribution in [0.15, 0.2) is 145 Å². The van der Waals surface area contributed by atoms with E-state index in [-0.39, 0.29) is 24.2 Å². The second-order valence-electron chi connectivity index (χ2n) is 9.51. The van der Waals surface area contributed by atoms with Gasteiger partial charge in [0, 0.05) is 27.2 Å². The highest BCUT2D eigenvalue weighted by molar-refractivity contribution is 6.15. The molecule has 2 heteroatoms. The average Bonchev–Trinajstić information content (AvgIpc) is 3.57. The van der Waals surface area contributed by atoms with Gasteiger partial charge in [-0.15, -0.1) is 0 Å². The molecule has 0 radical (unpaired) electrons. The fourth-order valence-electron chi connectivity index (χ4n) is 5.80. The minimum Gasteiger partial charge on any atom is -0.307 e. The molecule has 0 atom stereocenters. The third-order valence-electron chi connectivity index (χ3n) is 7.45. The van der Waals surface area contributed by atoms with Gasteiger partial charge in [0.1, 0.15) is 0 Å². The van der Waals surface area contributed by atoms with Gasteiger partial charge in [-0.3, -0.25) is 0 Å². The first-order valence-electron chi connectivity index (χ1n) is 14.7. The summed E-state index contributed by atoms with van der Waals surface area (Å²) in [5.74, 6) is 0. The smallest absolute Gasteiger partial charge is 0.0782 e. The quantitative estimate of drug-likeness (QED) is 0.234. The summed E-state index contributed by atoms with van der Waals surface area (Å²) >= 11 is 0. The van der Waals surface area contributed by atoms with Crippen molar-refractivity contribution < 1.29 is 5.48 Å². The van der Waals surface area contributed by atoms with Crippen molar-refractivity contribution in [3.05, 3.63) is 145 Å². The van der Waals surface area contributed by atoms with Crippen LogP contribution in [0.3, 0.4) is 0 Å². The molecule has 0 aliphatic rings. The van der Waals surface area contributed by atoms with Crippen molar-refractivity contribution in [1.29, 1.82) is 0 Å². The van der Waals surface area contributed by atoms with E-state index in [1.165, 1.54) is 0 Å². The van der Waals surface area contributed by atoms with Gasteiger partial charge in [0.05, 0.1) is 33.2 Å². The number of rotatable bonds is 3. The minimum atomic E-state index is -0.235. The van der Waals surface area contributed by atoms with Crippen LogP contribution in [0.4, 0.5) is 0 Å². The van der Waals surface area contributed by atoms with Crippen LogP contribution in [-0.4, -0.2) is 9.13 Å². The van der Waals surface area contributed by atoms with E-state index >= 15 is 0 Å². The summed E-state index contributed by atoms with van der Waals surface area (Å²) in [6.07, 6.45) is 0. The molecular formula is C36H24N2. The average molecular weight is 489 g/mol. The summed E-state index contributed by atoms with van der Waals surface area (Å²) in [4.78, 5) is 0. The van der Waals surface area contributed by atoms with Crippen molar-refractivity contribution in [2.45, 2.75) is 0 Å². The second-order valence-corrected chi connectivity index (χ2v) is 9.51. The highest BCUT2D eigenvalue weighted by Gasteiger charge is 2.19. The zero-order valence-electron chi connectivity index (χ0n) is 24.4. The van der Waals surface area contributed by atoms with Crippen LogP contribution >= 0.6 is 0 Å². The molecule has 0 fully saturated rings. The van der Waals surface area contributed by atoms with Crippen LogP contribution in [-0.2, 0) is 0 Å². The van der Waals surface area contributed by atoms with Gasteiger partial charge in [0.15, 0.2) is 0 Å². The number of hydrogen-bond acceptors (Lipinski definition) is 0. The molecule has 8 rings (SSSR count). The maximum Gasteiger partial charge on any atom is 0.0782 e. The number of hydrogen-bond donors (Lipinski definition) is 0. The first-order valence-corrected chi connectivity index (χ1v) is 12.7. The molecule has 2 nitrogen and oxygen atoms in total. The first-order chi connectivity index (χ1) is 20.5. The summed E-state index contributed by atoms with van der Waals surface area (Å²) in [6.45, 7) is 0. The van der Waals surface area contributed by atoms with Gasteiger partial charge in [-0.25, -0.2) is 0 Å². The fraction of sp³-hybridized carbons (Fsp3) is 0. The van der Waals surface area contributed by atoms with E-state index in [1.54, 1.807) is 0 Å². The van der Waals surface area contributed by atoms with Gasteiger partial charge in [0.25, 0.3) is 0 Å². The molecule has 2 heterocycles. The molecule has 8 aromatic rings. The minimum absolute atomic E-state index is 0.0230. The molecule has 0 unspecified atom stereocenters. The van der Waals surface area contributed by atoms with Crippen LogP contribution in [0.25, 0.3) is 66.1 Å². The van der Waals surface area contributed by atoms with E-state index < -0.39 is 0 Å². The monoisotopic (exact) mass is 488 g/mol. The molecular weight excluding hydrogens is 460 g/mol. The highest BCUT2D eigenvalue weighted by atomic mass is 15.1. The zero-order valence-corrected chi connectivity index (χ0v) is 20.4. The normalized spacial score (nSPS) is 13.2. The molecule has 178 valence electrons. The summed E-state index contributed by atoms with van der Waals surface area (Å²) in [5.41, 5.74) is 7.51. The second kappa shape index (κ2) is 8.22. The topological polar surface area (TPSA) is 9.86 Å². The Morgan fingerprint density at radius 1 is 0.421 bits per heavy atom. The van der Waals surface area contributed by atoms with Gasteiger partial charge in [0.2, 0.25) is 0 Å². The van der Waals surface area contributed by atoms with E-state index in [0.717, 1.165) is 55.2 Å². The van der Waals surface area contributed by atoms with E-state index in [0.29, 0.717) is 10.9 Å². The SMILES string of the molecule is [2H]c1c([2H])c([2H])c2c(c1[2H])c1ccccc1n2-c1cccc2c3ccccc3n(-c3ccc(-c4ccccc4)cc3)c12. The van der Waals surface area contributed by atoms with Crippen LogP contribution in [0.2, 0.25) is 0 Å². The van der Waals surface area contributed by atoms with Gasteiger partial charge >= 0.3 is 0 Å². The first kappa shape index (κ1) is 17.4. The summed E-state index contributed by atoms with van der Waals surface area (Å²) in [7, 11) is 0. The molecule has 0 amide bonds. The number of para-hydroxylation sites is 4. The third-order valence-corrected chi connectivity index (χ3v) is 7.45. The number of fused-ring (bicyclic) bond motifs is 6. The lowest BCUT2D eigenvalue weighted by atomic mass is 10.1. The van der Waals surface area contributed by atoms with E-state index in [1.807, 2.05) is 71.3 Å². The molecule has 0 saturated heterocycles. The van der Waals surface area contributed by atoms with Crippen molar-refractivity contribution in [1.82, 2.24) is 9.13 Å². The predicted octanol–water partition coefficient (Wildman–Crippen LogP) is 9.55. The van der Waals surface area contributed by atoms with E-state index in [2.05, 4.69) is 59.2 Å². The van der Waals surface area contributed by atoms with Crippen LogP contribution in [0, 0.1) is 0 Å². The maximum absolute atomic E-state index is 8.97. The van der Waals surface area contributed by atoms with E-state index in [9.17, 15) is 0 Å². The standard InChI is InChI=1S/C36H24N2/c1-2-11-25(12-3-1)26-21-23-27(24-22-26)37-32-17-7-6-15-30(32)31-16-10-20-35(36(31)37)38-33-18-8-4-13-28(33)29-14-5-9-19-34(29)38/h1-24H/i4D,8D,13D,18D. The van der Waals surface area contributed by atoms with Gasteiger partial charge in [-0.05, 0) is 47.5 Å². The van der Waals surface area contributed by atoms with Gasteiger partial charge < -0.3 is 9.13 Å². The Morgan fingerprint density at radius 2 is 1.03 bits per heavy atom. The Morgan fingerprint density at radius 3 is 1.82 bits per heavy atom. The fourth-order valence-corrected chi connectivity index (χ4v) is 5.80. The Bertz CT molecular complexity index is 2330. The predicted molar refractivity (Wildman–Crippen MR) is 161 cm³/mol. The Balaban J connectivity index is 1.51.